The van der Waals surface area contributed by atoms with Crippen molar-refractivity contribution in [3.63, 3.8) is 0 Å². The summed E-state index contributed by atoms with van der Waals surface area (Å²) < 4.78 is 0. The maximum atomic E-state index is 11.1. The first-order chi connectivity index (χ1) is 23.3. The number of rotatable bonds is 15. The Labute approximate surface area is 322 Å². The van der Waals surface area contributed by atoms with Crippen LogP contribution in [0.5, 0.6) is 5.75 Å². The van der Waals surface area contributed by atoms with Gasteiger partial charge in [0, 0.05) is 39.3 Å². The number of benzene rings is 4. The van der Waals surface area contributed by atoms with Crippen LogP contribution < -0.4 is 0 Å². The van der Waals surface area contributed by atoms with Crippen molar-refractivity contribution in [2.75, 3.05) is 13.1 Å². The van der Waals surface area contributed by atoms with Gasteiger partial charge < -0.3 is 12.5 Å². The molecule has 0 aromatic heterocycles. The number of aromatic hydroxyl groups is 1. The average Bonchev–Trinajstić information content (AvgIpc) is 3.05. The Morgan fingerprint density at radius 3 is 1.10 bits per heavy atom. The van der Waals surface area contributed by atoms with Gasteiger partial charge in [0.2, 0.25) is 0 Å². The fourth-order valence-corrected chi connectivity index (χ4v) is 6.74. The van der Waals surface area contributed by atoms with Crippen molar-refractivity contribution < 1.29 is 22.1 Å². The van der Waals surface area contributed by atoms with E-state index in [1.807, 2.05) is 0 Å². The Hall–Kier alpha value is -2.11. The van der Waals surface area contributed by atoms with E-state index in [1.165, 1.54) is 38.9 Å². The van der Waals surface area contributed by atoms with Crippen LogP contribution in [0.25, 0.3) is 0 Å². The second-order valence-electron chi connectivity index (χ2n) is 14.6. The van der Waals surface area contributed by atoms with Crippen LogP contribution in [0.4, 0.5) is 0 Å². The Morgan fingerprint density at radius 2 is 0.800 bits per heavy atom. The molecule has 50 heavy (non-hydrogen) atoms. The molecule has 4 aromatic carbocycles. The minimum absolute atomic E-state index is 0. The number of halogens is 2. The van der Waals surface area contributed by atoms with Crippen LogP contribution in [0.3, 0.4) is 0 Å². The molecule has 0 saturated heterocycles. The molecule has 0 fully saturated rings. The maximum absolute atomic E-state index is 11.1. The third-order valence-corrected chi connectivity index (χ3v) is 9.31. The zero-order valence-corrected chi connectivity index (χ0v) is 35.3. The standard InChI is InChI=1S/C43H58N2O.CH3.2ClH.Ti/c1-30(2)39-22-37(23-40(31(3)4)34(39)9)28-44(26-35-16-12-10-13-17-35)20-21-45(27-36-18-14-11-15-19-36)29-38-24-41(32(5)6)43(46)42(25-38)33(7)8;;;;/h10-19,22-25,30-33,46H,20-21,26-29H2,1-9H3;1H3;2*1H;/q;-1;;;+2/p-2. The third-order valence-electron chi connectivity index (χ3n) is 9.31. The van der Waals surface area contributed by atoms with Crippen LogP contribution in [0, 0.1) is 14.4 Å². The molecule has 0 aliphatic heterocycles. The molecule has 0 unspecified atom stereocenters. The summed E-state index contributed by atoms with van der Waals surface area (Å²) in [5, 5.41) is 11.1. The molecule has 3 nitrogen and oxygen atoms in total. The fourth-order valence-electron chi connectivity index (χ4n) is 6.74. The summed E-state index contributed by atoms with van der Waals surface area (Å²) in [7, 11) is 9.78. The topological polar surface area (TPSA) is 26.7 Å². The van der Waals surface area contributed by atoms with E-state index < -0.39 is 17.0 Å². The van der Waals surface area contributed by atoms with Gasteiger partial charge in [0.1, 0.15) is 5.75 Å². The molecule has 0 spiro atoms. The molecule has 0 aliphatic carbocycles. The quantitative estimate of drug-likeness (QED) is 0.0968. The molecular weight excluding hydrogens is 691 g/mol. The van der Waals surface area contributed by atoms with Crippen molar-refractivity contribution in [1.29, 1.82) is 0 Å². The van der Waals surface area contributed by atoms with Gasteiger partial charge in [-0.3, -0.25) is 9.80 Å². The van der Waals surface area contributed by atoms with Crippen LogP contribution in [-0.4, -0.2) is 28.0 Å². The summed E-state index contributed by atoms with van der Waals surface area (Å²) in [4.78, 5) is 5.21. The van der Waals surface area contributed by atoms with Crippen molar-refractivity contribution in [2.24, 2.45) is 0 Å². The molecule has 0 radical (unpaired) electrons. The fraction of sp³-hybridized carbons (Fsp3) is 0.432. The predicted molar refractivity (Wildman–Crippen MR) is 215 cm³/mol. The summed E-state index contributed by atoms with van der Waals surface area (Å²) in [6.45, 7) is 25.7. The van der Waals surface area contributed by atoms with Gasteiger partial charge in [-0.1, -0.05) is 140 Å². The first-order valence-corrected chi connectivity index (χ1v) is 22.1. The minimum atomic E-state index is -0.556. The summed E-state index contributed by atoms with van der Waals surface area (Å²) in [6, 6.07) is 31.1. The van der Waals surface area contributed by atoms with Crippen LogP contribution in [0.15, 0.2) is 84.9 Å². The molecule has 0 amide bonds. The van der Waals surface area contributed by atoms with Crippen molar-refractivity contribution in [1.82, 2.24) is 9.80 Å². The van der Waals surface area contributed by atoms with Crippen LogP contribution >= 0.6 is 18.6 Å². The van der Waals surface area contributed by atoms with Crippen molar-refractivity contribution in [3.05, 3.63) is 142 Å². The summed E-state index contributed by atoms with van der Waals surface area (Å²) in [6.07, 6.45) is 0. The first kappa shape index (κ1) is 44.1. The molecule has 0 atom stereocenters. The molecule has 0 bridgehead atoms. The average molecular weight is 753 g/mol. The molecule has 0 saturated carbocycles. The predicted octanol–water partition coefficient (Wildman–Crippen LogP) is 12.7. The van der Waals surface area contributed by atoms with Gasteiger partial charge >= 0.3 is 35.6 Å². The normalized spacial score (nSPS) is 11.4. The third kappa shape index (κ3) is 13.5. The SMILES string of the molecule is Cc1c(C(C)C)cc(CN(CCN(Cc2ccccc2)Cc2cc(C(C)C)c(O)c(C(C)C)c2)Cc2ccccc2)cc1C(C)C.[CH3-].[Cl][Ti][Cl]. The Kier molecular flexibility index (Phi) is 19.4. The second kappa shape index (κ2) is 22.1. The van der Waals surface area contributed by atoms with E-state index in [2.05, 4.69) is 157 Å². The van der Waals surface area contributed by atoms with Crippen LogP contribution in [-0.2, 0) is 43.2 Å². The Balaban J connectivity index is 0.00000209. The number of phenols is 1. The molecule has 1 N–H and O–H groups in total. The summed E-state index contributed by atoms with van der Waals surface area (Å²) in [5.74, 6) is 2.00. The summed E-state index contributed by atoms with van der Waals surface area (Å²) in [5.41, 5.74) is 11.8. The van der Waals surface area contributed by atoms with Crippen LogP contribution in [0.1, 0.15) is 129 Å². The number of hydrogen-bond donors (Lipinski definition) is 1. The van der Waals surface area contributed by atoms with E-state index in [9.17, 15) is 5.11 Å². The van der Waals surface area contributed by atoms with Crippen molar-refractivity contribution in [2.45, 2.75) is 112 Å². The van der Waals surface area contributed by atoms with Gasteiger partial charge in [-0.25, -0.2) is 0 Å². The van der Waals surface area contributed by atoms with Crippen molar-refractivity contribution >= 4 is 18.6 Å². The van der Waals surface area contributed by atoms with Crippen molar-refractivity contribution in [3.8, 4) is 5.75 Å². The van der Waals surface area contributed by atoms with Gasteiger partial charge in [0.05, 0.1) is 0 Å². The molecule has 6 heteroatoms. The van der Waals surface area contributed by atoms with E-state index in [0.29, 0.717) is 17.6 Å². The van der Waals surface area contributed by atoms with Gasteiger partial charge in [-0.2, -0.15) is 0 Å². The molecule has 4 aromatic rings. The zero-order chi connectivity index (χ0) is 36.1. The van der Waals surface area contributed by atoms with E-state index in [4.69, 9.17) is 18.6 Å². The molecular formula is C44H61Cl2N2OTi-. The monoisotopic (exact) mass is 751 g/mol. The van der Waals surface area contributed by atoms with Gasteiger partial charge in [0.25, 0.3) is 0 Å². The van der Waals surface area contributed by atoms with E-state index in [1.54, 1.807) is 0 Å². The number of hydrogen-bond acceptors (Lipinski definition) is 3. The van der Waals surface area contributed by atoms with E-state index >= 15 is 0 Å². The van der Waals surface area contributed by atoms with Gasteiger partial charge in [-0.05, 0) is 80.7 Å². The Bertz CT molecular complexity index is 1380. The van der Waals surface area contributed by atoms with Crippen LogP contribution in [0.2, 0.25) is 0 Å². The van der Waals surface area contributed by atoms with E-state index in [0.717, 1.165) is 50.4 Å². The first-order valence-electron chi connectivity index (χ1n) is 17.8. The molecule has 4 rings (SSSR count). The number of nitrogens with zero attached hydrogens (tertiary/aromatic N) is 2. The summed E-state index contributed by atoms with van der Waals surface area (Å²) >= 11 is -0.556. The molecule has 0 heterocycles. The van der Waals surface area contributed by atoms with Gasteiger partial charge in [-0.15, -0.1) is 0 Å². The zero-order valence-electron chi connectivity index (χ0n) is 32.2. The molecule has 0 aliphatic rings. The van der Waals surface area contributed by atoms with Gasteiger partial charge in [0.15, 0.2) is 0 Å². The molecule has 272 valence electrons. The Morgan fingerprint density at radius 1 is 0.520 bits per heavy atom. The number of phenolic OH excluding ortho intramolecular Hbond substituents is 1. The second-order valence-corrected chi connectivity index (χ2v) is 17.2. The van der Waals surface area contributed by atoms with E-state index in [-0.39, 0.29) is 19.3 Å².